The summed E-state index contributed by atoms with van der Waals surface area (Å²) in [6, 6.07) is 16.4. The monoisotopic (exact) mass is 832 g/mol. The van der Waals surface area contributed by atoms with Crippen LogP contribution in [0.25, 0.3) is 33.1 Å². The van der Waals surface area contributed by atoms with Gasteiger partial charge in [0, 0.05) is 36.2 Å². The van der Waals surface area contributed by atoms with Gasteiger partial charge in [0.2, 0.25) is 0 Å². The highest BCUT2D eigenvalue weighted by Crippen LogP contribution is 2.31. The Morgan fingerprint density at radius 1 is 0.741 bits per heavy atom. The minimum absolute atomic E-state index is 0.00577. The number of nitrogens with zero attached hydrogens (tertiary/aromatic N) is 4. The molecule has 0 fully saturated rings. The largest absolute Gasteiger partial charge is 0.444 e. The third-order valence-electron chi connectivity index (χ3n) is 8.94. The van der Waals surface area contributed by atoms with E-state index in [0.29, 0.717) is 70.6 Å². The lowest BCUT2D eigenvalue weighted by Crippen LogP contribution is -2.39. The number of hydrogen-bond acceptors (Lipinski definition) is 11. The molecule has 14 nitrogen and oxygen atoms in total. The SMILES string of the molecule is CC(C)(C)OC(=O)N1CC=C(c2ccc3onc(N)c3c2)CC1.CC(C)(C)OC(=O)N1CC=C(c2ccc3onc(NC(=O)OCc4cc(Cl)cc(Cl)c4)c3c2)CC1. The first-order valence-electron chi connectivity index (χ1n) is 18.7. The number of halogens is 2. The van der Waals surface area contributed by atoms with Gasteiger partial charge in [0.15, 0.2) is 22.8 Å². The number of nitrogens with one attached hydrogen (secondary N) is 1. The van der Waals surface area contributed by atoms with Crippen molar-refractivity contribution in [1.82, 2.24) is 20.1 Å². The summed E-state index contributed by atoms with van der Waals surface area (Å²) in [5.41, 5.74) is 11.0. The van der Waals surface area contributed by atoms with Crippen LogP contribution in [-0.2, 0) is 20.8 Å². The van der Waals surface area contributed by atoms with Gasteiger partial charge in [-0.3, -0.25) is 5.32 Å². The normalized spacial score (nSPS) is 14.6. The molecule has 16 heteroatoms. The van der Waals surface area contributed by atoms with Crippen molar-refractivity contribution in [2.24, 2.45) is 0 Å². The van der Waals surface area contributed by atoms with E-state index in [1.807, 2.05) is 78.0 Å². The standard InChI is InChI=1S/C25H25Cl2N3O5.C17H21N3O3/c1-25(2,3)34-24(32)30-8-6-16(7-9-30)17-4-5-21-20(12-17)22(29-35-21)28-23(31)33-14-15-10-18(26)13-19(27)11-15;1-17(2,3)22-16(21)20-8-6-11(7-9-20)12-4-5-14-13(10-12)15(18)19-23-14/h4-6,10-13H,7-9,14H2,1-3H3,(H,28,29,31);4-6,10H,7-9H2,1-3H3,(H2,18,19). The number of benzene rings is 3. The van der Waals surface area contributed by atoms with Crippen LogP contribution in [0.4, 0.5) is 26.0 Å². The Morgan fingerprint density at radius 2 is 1.24 bits per heavy atom. The number of anilines is 2. The van der Waals surface area contributed by atoms with E-state index in [0.717, 1.165) is 28.5 Å². The molecule has 0 bridgehead atoms. The van der Waals surface area contributed by atoms with E-state index in [1.165, 1.54) is 5.57 Å². The highest BCUT2D eigenvalue weighted by molar-refractivity contribution is 6.34. The van der Waals surface area contributed by atoms with Crippen LogP contribution in [0.15, 0.2) is 75.8 Å². The maximum atomic E-state index is 12.3. The number of amides is 3. The number of nitrogens with two attached hydrogens (primary N) is 1. The number of aromatic nitrogens is 2. The van der Waals surface area contributed by atoms with Crippen molar-refractivity contribution in [2.45, 2.75) is 72.2 Å². The minimum atomic E-state index is -0.688. The second kappa shape index (κ2) is 17.4. The molecule has 58 heavy (non-hydrogen) atoms. The maximum Gasteiger partial charge on any atom is 0.413 e. The van der Waals surface area contributed by atoms with Gasteiger partial charge in [-0.15, -0.1) is 0 Å². The summed E-state index contributed by atoms with van der Waals surface area (Å²) in [4.78, 5) is 40.1. The number of nitrogen functional groups attached to an aromatic ring is 1. The molecule has 0 unspecified atom stereocenters. The molecule has 3 amide bonds. The van der Waals surface area contributed by atoms with Crippen molar-refractivity contribution in [3.63, 3.8) is 0 Å². The molecule has 0 saturated carbocycles. The summed E-state index contributed by atoms with van der Waals surface area (Å²) in [7, 11) is 0. The summed E-state index contributed by atoms with van der Waals surface area (Å²) >= 11 is 12.0. The van der Waals surface area contributed by atoms with Crippen molar-refractivity contribution >= 4 is 86.2 Å². The van der Waals surface area contributed by atoms with Crippen molar-refractivity contribution in [1.29, 1.82) is 0 Å². The lowest BCUT2D eigenvalue weighted by molar-refractivity contribution is 0.0260. The molecule has 2 aliphatic heterocycles. The number of ether oxygens (including phenoxy) is 3. The molecule has 7 rings (SSSR count). The molecule has 0 aliphatic carbocycles. The van der Waals surface area contributed by atoms with Crippen LogP contribution in [0.2, 0.25) is 10.0 Å². The van der Waals surface area contributed by atoms with E-state index in [4.69, 9.17) is 52.2 Å². The lowest BCUT2D eigenvalue weighted by atomic mass is 9.98. The van der Waals surface area contributed by atoms with Gasteiger partial charge in [-0.05, 0) is 125 Å². The van der Waals surface area contributed by atoms with Crippen LogP contribution in [0.3, 0.4) is 0 Å². The topological polar surface area (TPSA) is 175 Å². The number of carbonyl (C=O) groups is 3. The van der Waals surface area contributed by atoms with Crippen molar-refractivity contribution < 1.29 is 37.6 Å². The third-order valence-corrected chi connectivity index (χ3v) is 9.38. The highest BCUT2D eigenvalue weighted by atomic mass is 35.5. The van der Waals surface area contributed by atoms with E-state index in [9.17, 15) is 14.4 Å². The van der Waals surface area contributed by atoms with Gasteiger partial charge in [-0.25, -0.2) is 14.4 Å². The summed E-state index contributed by atoms with van der Waals surface area (Å²) in [6.07, 6.45) is 4.21. The molecule has 0 atom stereocenters. The Kier molecular flexibility index (Phi) is 12.6. The van der Waals surface area contributed by atoms with Gasteiger partial charge >= 0.3 is 18.3 Å². The molecule has 5 aromatic rings. The van der Waals surface area contributed by atoms with Crippen molar-refractivity contribution in [3.8, 4) is 0 Å². The van der Waals surface area contributed by atoms with Crippen LogP contribution in [-0.4, -0.2) is 75.8 Å². The average Bonchev–Trinajstić information content (AvgIpc) is 3.74. The van der Waals surface area contributed by atoms with Gasteiger partial charge in [0.1, 0.15) is 17.8 Å². The molecule has 3 N–H and O–H groups in total. The van der Waals surface area contributed by atoms with Crippen molar-refractivity contribution in [2.75, 3.05) is 37.2 Å². The Balaban J connectivity index is 0.000000213. The van der Waals surface area contributed by atoms with Crippen LogP contribution in [0, 0.1) is 0 Å². The zero-order valence-electron chi connectivity index (χ0n) is 33.2. The zero-order chi connectivity index (χ0) is 41.8. The molecule has 2 aliphatic rings. The summed E-state index contributed by atoms with van der Waals surface area (Å²) in [5, 5.41) is 12.7. The van der Waals surface area contributed by atoms with E-state index in [-0.39, 0.29) is 24.6 Å². The average molecular weight is 834 g/mol. The molecular weight excluding hydrogens is 787 g/mol. The quantitative estimate of drug-likeness (QED) is 0.161. The fourth-order valence-corrected chi connectivity index (χ4v) is 6.78. The van der Waals surface area contributed by atoms with Gasteiger partial charge < -0.3 is 38.8 Å². The van der Waals surface area contributed by atoms with E-state index < -0.39 is 17.3 Å². The van der Waals surface area contributed by atoms with Crippen LogP contribution >= 0.6 is 23.2 Å². The predicted molar refractivity (Wildman–Crippen MR) is 224 cm³/mol. The maximum absolute atomic E-state index is 12.3. The van der Waals surface area contributed by atoms with Crippen molar-refractivity contribution in [3.05, 3.63) is 93.5 Å². The molecular formula is C42H46Cl2N6O8. The fraction of sp³-hybridized carbons (Fsp3) is 0.357. The highest BCUT2D eigenvalue weighted by Gasteiger charge is 2.26. The Hall–Kier alpha value is -5.73. The van der Waals surface area contributed by atoms with E-state index in [2.05, 4.69) is 21.7 Å². The van der Waals surface area contributed by atoms with Gasteiger partial charge in [0.05, 0.1) is 10.8 Å². The van der Waals surface area contributed by atoms with Gasteiger partial charge in [-0.1, -0.05) is 57.8 Å². The second-order valence-electron chi connectivity index (χ2n) is 15.8. The first-order chi connectivity index (χ1) is 27.4. The molecule has 0 saturated heterocycles. The van der Waals surface area contributed by atoms with E-state index >= 15 is 0 Å². The molecule has 2 aromatic heterocycles. The second-order valence-corrected chi connectivity index (χ2v) is 16.7. The van der Waals surface area contributed by atoms with Crippen LogP contribution in [0.5, 0.6) is 0 Å². The predicted octanol–water partition coefficient (Wildman–Crippen LogP) is 10.3. The summed E-state index contributed by atoms with van der Waals surface area (Å²) in [5.74, 6) is 0.649. The molecule has 4 heterocycles. The van der Waals surface area contributed by atoms with Gasteiger partial charge in [0.25, 0.3) is 0 Å². The van der Waals surface area contributed by atoms with Crippen LogP contribution in [0.1, 0.15) is 71.1 Å². The Morgan fingerprint density at radius 3 is 1.74 bits per heavy atom. The fourth-order valence-electron chi connectivity index (χ4n) is 6.21. The molecule has 0 spiro atoms. The number of hydrogen-bond donors (Lipinski definition) is 2. The van der Waals surface area contributed by atoms with Crippen LogP contribution < -0.4 is 11.1 Å². The Labute approximate surface area is 345 Å². The lowest BCUT2D eigenvalue weighted by Gasteiger charge is -2.29. The summed E-state index contributed by atoms with van der Waals surface area (Å²) in [6.45, 7) is 13.3. The van der Waals surface area contributed by atoms with E-state index in [1.54, 1.807) is 34.1 Å². The molecule has 0 radical (unpaired) electrons. The zero-order valence-corrected chi connectivity index (χ0v) is 34.7. The number of rotatable bonds is 5. The Bertz CT molecular complexity index is 2370. The number of fused-ring (bicyclic) bond motifs is 2. The first kappa shape index (κ1) is 41.9. The number of carbonyl (C=O) groups excluding carboxylic acids is 3. The summed E-state index contributed by atoms with van der Waals surface area (Å²) < 4.78 is 26.6. The minimum Gasteiger partial charge on any atom is -0.444 e. The first-order valence-corrected chi connectivity index (χ1v) is 19.4. The molecule has 306 valence electrons. The third kappa shape index (κ3) is 11.0. The molecule has 3 aromatic carbocycles. The van der Waals surface area contributed by atoms with Gasteiger partial charge in [-0.2, -0.15) is 0 Å². The smallest absolute Gasteiger partial charge is 0.413 e.